The molecule has 1 N–H and O–H groups in total. The minimum Gasteiger partial charge on any atom is -0.483 e. The third-order valence-electron chi connectivity index (χ3n) is 3.31. The molecule has 6 nitrogen and oxygen atoms in total. The number of amides is 1. The van der Waals surface area contributed by atoms with Crippen LogP contribution in [0.2, 0.25) is 0 Å². The van der Waals surface area contributed by atoms with Crippen LogP contribution in [0.5, 0.6) is 5.75 Å². The summed E-state index contributed by atoms with van der Waals surface area (Å²) >= 11 is 0. The zero-order chi connectivity index (χ0) is 18.6. The smallest absolute Gasteiger partial charge is 0.416 e. The fraction of sp³-hybridized carbons (Fsp3) is 0.188. The van der Waals surface area contributed by atoms with Crippen molar-refractivity contribution in [1.82, 2.24) is 0 Å². The fourth-order valence-electron chi connectivity index (χ4n) is 2.04. The fourth-order valence-corrected chi connectivity index (χ4v) is 2.04. The summed E-state index contributed by atoms with van der Waals surface area (Å²) in [4.78, 5) is 22.1. The summed E-state index contributed by atoms with van der Waals surface area (Å²) in [5, 5.41) is 13.2. The maximum Gasteiger partial charge on any atom is 0.416 e. The number of alkyl halides is 3. The molecule has 132 valence electrons. The van der Waals surface area contributed by atoms with Gasteiger partial charge in [-0.25, -0.2) is 0 Å². The SMILES string of the molecule is Cc1c(OCC(=O)Nc2ccc(C(F)(F)F)cc2)cccc1[N+](=O)[O-]. The quantitative estimate of drug-likeness (QED) is 0.651. The van der Waals surface area contributed by atoms with E-state index in [0.717, 1.165) is 24.3 Å². The van der Waals surface area contributed by atoms with Crippen LogP contribution in [0, 0.1) is 17.0 Å². The largest absolute Gasteiger partial charge is 0.483 e. The first-order chi connectivity index (χ1) is 11.7. The molecule has 0 aliphatic carbocycles. The molecule has 0 aromatic heterocycles. The van der Waals surface area contributed by atoms with Crippen molar-refractivity contribution in [1.29, 1.82) is 0 Å². The average molecular weight is 354 g/mol. The standard InChI is InChI=1S/C16H13F3N2O4/c1-10-13(21(23)24)3-2-4-14(10)25-9-15(22)20-12-7-5-11(6-8-12)16(17,18)19/h2-8H,9H2,1H3,(H,20,22). The molecule has 1 amide bonds. The first kappa shape index (κ1) is 18.2. The monoisotopic (exact) mass is 354 g/mol. The maximum atomic E-state index is 12.5. The van der Waals surface area contributed by atoms with E-state index in [9.17, 15) is 28.1 Å². The number of halogens is 3. The van der Waals surface area contributed by atoms with E-state index in [-0.39, 0.29) is 22.7 Å². The number of carbonyl (C=O) groups excluding carboxylic acids is 1. The molecule has 0 bridgehead atoms. The number of nitrogens with zero attached hydrogens (tertiary/aromatic N) is 1. The molecule has 0 spiro atoms. The van der Waals surface area contributed by atoms with Gasteiger partial charge in [0.15, 0.2) is 6.61 Å². The van der Waals surface area contributed by atoms with Gasteiger partial charge in [0.05, 0.1) is 16.1 Å². The highest BCUT2D eigenvalue weighted by Gasteiger charge is 2.30. The van der Waals surface area contributed by atoms with Crippen molar-refractivity contribution >= 4 is 17.3 Å². The van der Waals surface area contributed by atoms with Crippen LogP contribution in [-0.2, 0) is 11.0 Å². The Morgan fingerprint density at radius 3 is 2.40 bits per heavy atom. The Balaban J connectivity index is 1.97. The lowest BCUT2D eigenvalue weighted by atomic mass is 10.2. The van der Waals surface area contributed by atoms with Crippen LogP contribution in [0.3, 0.4) is 0 Å². The van der Waals surface area contributed by atoms with Gasteiger partial charge in [-0.05, 0) is 37.3 Å². The summed E-state index contributed by atoms with van der Waals surface area (Å²) in [7, 11) is 0. The second-order valence-electron chi connectivity index (χ2n) is 5.07. The predicted octanol–water partition coefficient (Wildman–Crippen LogP) is 3.94. The van der Waals surface area contributed by atoms with E-state index in [1.807, 2.05) is 0 Å². The number of carbonyl (C=O) groups is 1. The summed E-state index contributed by atoms with van der Waals surface area (Å²) in [5.74, 6) is -0.428. The first-order valence-corrected chi connectivity index (χ1v) is 7.02. The van der Waals surface area contributed by atoms with Crippen molar-refractivity contribution in [3.8, 4) is 5.75 Å². The van der Waals surface area contributed by atoms with Gasteiger partial charge in [-0.3, -0.25) is 14.9 Å². The van der Waals surface area contributed by atoms with Gasteiger partial charge in [0.2, 0.25) is 0 Å². The zero-order valence-electron chi connectivity index (χ0n) is 13.0. The van der Waals surface area contributed by atoms with Crippen LogP contribution in [0.15, 0.2) is 42.5 Å². The van der Waals surface area contributed by atoms with E-state index in [2.05, 4.69) is 5.32 Å². The molecule has 0 fully saturated rings. The van der Waals surface area contributed by atoms with Gasteiger partial charge in [-0.15, -0.1) is 0 Å². The average Bonchev–Trinajstić information content (AvgIpc) is 2.53. The van der Waals surface area contributed by atoms with E-state index in [1.165, 1.54) is 25.1 Å². The Bertz CT molecular complexity index is 789. The number of hydrogen-bond acceptors (Lipinski definition) is 4. The molecule has 2 aromatic carbocycles. The molecule has 2 aromatic rings. The number of nitro benzene ring substituents is 1. The van der Waals surface area contributed by atoms with Crippen LogP contribution < -0.4 is 10.1 Å². The highest BCUT2D eigenvalue weighted by Crippen LogP contribution is 2.30. The number of benzene rings is 2. The van der Waals surface area contributed by atoms with E-state index in [1.54, 1.807) is 0 Å². The molecule has 0 saturated heterocycles. The number of hydrogen-bond donors (Lipinski definition) is 1. The highest BCUT2D eigenvalue weighted by atomic mass is 19.4. The number of rotatable bonds is 5. The molecule has 25 heavy (non-hydrogen) atoms. The van der Waals surface area contributed by atoms with Gasteiger partial charge in [0.1, 0.15) is 5.75 Å². The molecule has 0 saturated carbocycles. The molecule has 0 heterocycles. The normalized spacial score (nSPS) is 11.0. The van der Waals surface area contributed by atoms with Gasteiger partial charge < -0.3 is 10.1 Å². The van der Waals surface area contributed by atoms with Gasteiger partial charge in [-0.2, -0.15) is 13.2 Å². The number of nitrogens with one attached hydrogen (secondary N) is 1. The van der Waals surface area contributed by atoms with E-state index >= 15 is 0 Å². The molecule has 0 aliphatic heterocycles. The highest BCUT2D eigenvalue weighted by molar-refractivity contribution is 5.91. The van der Waals surface area contributed by atoms with E-state index < -0.39 is 29.2 Å². The van der Waals surface area contributed by atoms with Gasteiger partial charge >= 0.3 is 6.18 Å². The number of anilines is 1. The van der Waals surface area contributed by atoms with Gasteiger partial charge in [-0.1, -0.05) is 6.07 Å². The lowest BCUT2D eigenvalue weighted by Gasteiger charge is -2.11. The van der Waals surface area contributed by atoms with E-state index in [0.29, 0.717) is 0 Å². The van der Waals surface area contributed by atoms with Crippen molar-refractivity contribution in [3.05, 3.63) is 63.7 Å². The molecule has 0 unspecified atom stereocenters. The molecule has 0 atom stereocenters. The van der Waals surface area contributed by atoms with Crippen LogP contribution in [-0.4, -0.2) is 17.4 Å². The Kier molecular flexibility index (Phi) is 5.26. The van der Waals surface area contributed by atoms with Gasteiger partial charge in [0.25, 0.3) is 11.6 Å². The van der Waals surface area contributed by atoms with Crippen molar-refractivity contribution in [2.75, 3.05) is 11.9 Å². The molecular formula is C16H13F3N2O4. The van der Waals surface area contributed by atoms with Gasteiger partial charge in [0, 0.05) is 11.8 Å². The minimum atomic E-state index is -4.45. The molecule has 2 rings (SSSR count). The van der Waals surface area contributed by atoms with Crippen LogP contribution in [0.25, 0.3) is 0 Å². The van der Waals surface area contributed by atoms with Crippen molar-refractivity contribution < 1.29 is 27.6 Å². The Morgan fingerprint density at radius 2 is 1.84 bits per heavy atom. The maximum absolute atomic E-state index is 12.5. The Hall–Kier alpha value is -3.10. The lowest BCUT2D eigenvalue weighted by molar-refractivity contribution is -0.385. The summed E-state index contributed by atoms with van der Waals surface area (Å²) < 4.78 is 42.6. The summed E-state index contributed by atoms with van der Waals surface area (Å²) in [6.45, 7) is 1.05. The number of nitro groups is 1. The summed E-state index contributed by atoms with van der Waals surface area (Å²) in [6.07, 6.45) is -4.45. The lowest BCUT2D eigenvalue weighted by Crippen LogP contribution is -2.20. The Morgan fingerprint density at radius 1 is 1.20 bits per heavy atom. The molecule has 0 radical (unpaired) electrons. The second kappa shape index (κ2) is 7.20. The summed E-state index contributed by atoms with van der Waals surface area (Å²) in [6, 6.07) is 8.16. The summed E-state index contributed by atoms with van der Waals surface area (Å²) in [5.41, 5.74) is -0.512. The minimum absolute atomic E-state index is 0.138. The second-order valence-corrected chi connectivity index (χ2v) is 5.07. The topological polar surface area (TPSA) is 81.5 Å². The van der Waals surface area contributed by atoms with Crippen LogP contribution >= 0.6 is 0 Å². The molecule has 9 heteroatoms. The molecule has 0 aliphatic rings. The first-order valence-electron chi connectivity index (χ1n) is 7.02. The van der Waals surface area contributed by atoms with Crippen molar-refractivity contribution in [2.24, 2.45) is 0 Å². The van der Waals surface area contributed by atoms with Crippen LogP contribution in [0.1, 0.15) is 11.1 Å². The van der Waals surface area contributed by atoms with Crippen LogP contribution in [0.4, 0.5) is 24.5 Å². The Labute approximate surface area is 140 Å². The predicted molar refractivity (Wildman–Crippen MR) is 83.4 cm³/mol. The van der Waals surface area contributed by atoms with E-state index in [4.69, 9.17) is 4.74 Å². The third-order valence-corrected chi connectivity index (χ3v) is 3.31. The van der Waals surface area contributed by atoms with Crippen molar-refractivity contribution in [2.45, 2.75) is 13.1 Å². The zero-order valence-corrected chi connectivity index (χ0v) is 13.0. The number of ether oxygens (including phenoxy) is 1. The molecular weight excluding hydrogens is 341 g/mol. The third kappa shape index (κ3) is 4.69. The van der Waals surface area contributed by atoms with Crippen molar-refractivity contribution in [3.63, 3.8) is 0 Å².